The highest BCUT2D eigenvalue weighted by atomic mass is 127. The molecule has 0 fully saturated rings. The minimum absolute atomic E-state index is 0.465. The van der Waals surface area contributed by atoms with Gasteiger partial charge in [-0.05, 0) is 29.5 Å². The summed E-state index contributed by atoms with van der Waals surface area (Å²) in [6.07, 6.45) is -4.47. The average molecular weight is 362 g/mol. The van der Waals surface area contributed by atoms with E-state index in [4.69, 9.17) is 5.11 Å². The van der Waals surface area contributed by atoms with Gasteiger partial charge < -0.3 is 25.2 Å². The summed E-state index contributed by atoms with van der Waals surface area (Å²) < 4.78 is -2.06. The largest absolute Gasteiger partial charge is 0.391 e. The number of carbonyl (C=O) groups is 1. The zero-order valence-electron chi connectivity index (χ0n) is 9.81. The van der Waals surface area contributed by atoms with E-state index in [0.29, 0.717) is 0 Å². The Kier molecular flexibility index (Phi) is 5.56. The Morgan fingerprint density at radius 2 is 1.62 bits per heavy atom. The lowest BCUT2D eigenvalue weighted by Crippen LogP contribution is -2.59. The highest BCUT2D eigenvalue weighted by molar-refractivity contribution is 14.1. The maximum atomic E-state index is 11.9. The average Bonchev–Trinajstić information content (AvgIpc) is 2.12. The van der Waals surface area contributed by atoms with Crippen LogP contribution in [0.15, 0.2) is 0 Å². The molecule has 0 unspecified atom stereocenters. The van der Waals surface area contributed by atoms with Crippen LogP contribution < -0.4 is 0 Å². The van der Waals surface area contributed by atoms with Crippen LogP contribution in [-0.2, 0) is 4.79 Å². The van der Waals surface area contributed by atoms with Crippen LogP contribution in [0.4, 0.5) is 0 Å². The molecule has 0 radical (unpaired) electrons. The van der Waals surface area contributed by atoms with Crippen LogP contribution in [0, 0.1) is 0 Å². The van der Waals surface area contributed by atoms with E-state index in [0.717, 1.165) is 0 Å². The van der Waals surface area contributed by atoms with Crippen LogP contribution in [0.1, 0.15) is 6.92 Å². The minimum atomic E-state index is -2.29. The number of rotatable bonds is 5. The first-order valence-electron chi connectivity index (χ1n) is 4.92. The van der Waals surface area contributed by atoms with E-state index < -0.39 is 35.4 Å². The molecule has 0 bridgehead atoms. The van der Waals surface area contributed by atoms with Crippen LogP contribution >= 0.6 is 22.6 Å². The summed E-state index contributed by atoms with van der Waals surface area (Å²) in [5.74, 6) is 0. The first kappa shape index (κ1) is 16.5. The Morgan fingerprint density at radius 3 is 1.88 bits per heavy atom. The lowest BCUT2D eigenvalue weighted by atomic mass is 10.0. The van der Waals surface area contributed by atoms with Gasteiger partial charge in [-0.3, -0.25) is 0 Å². The fourth-order valence-corrected chi connectivity index (χ4v) is 5.15. The molecule has 96 valence electrons. The number of aliphatic hydroxyl groups excluding tert-OH is 3. The van der Waals surface area contributed by atoms with Gasteiger partial charge in [0, 0.05) is 0 Å². The van der Waals surface area contributed by atoms with Crippen LogP contribution in [0.25, 0.3) is 0 Å². The molecule has 0 spiro atoms. The zero-order chi connectivity index (χ0) is 13.3. The highest BCUT2D eigenvalue weighted by Crippen LogP contribution is 2.28. The van der Waals surface area contributed by atoms with E-state index in [1.165, 1.54) is 29.5 Å². The van der Waals surface area contributed by atoms with E-state index in [-0.39, 0.29) is 0 Å². The van der Waals surface area contributed by atoms with Gasteiger partial charge in [0.15, 0.2) is 9.01 Å². The Labute approximate surface area is 110 Å². The molecule has 5 nitrogen and oxygen atoms in total. The highest BCUT2D eigenvalue weighted by Gasteiger charge is 2.49. The van der Waals surface area contributed by atoms with Crippen molar-refractivity contribution < 1.29 is 25.2 Å². The topological polar surface area (TPSA) is 98.0 Å². The van der Waals surface area contributed by atoms with Crippen molar-refractivity contribution >= 4 is 36.1 Å². The molecular formula is C9H19IO5Si. The molecule has 0 aromatic heterocycles. The van der Waals surface area contributed by atoms with Crippen LogP contribution in [-0.4, -0.2) is 55.8 Å². The fraction of sp³-hybridized carbons (Fsp3) is 0.889. The van der Waals surface area contributed by atoms with Gasteiger partial charge in [-0.25, -0.2) is 0 Å². The predicted octanol–water partition coefficient (Wildman–Crippen LogP) is -0.341. The Bertz CT molecular complexity index is 261. The third kappa shape index (κ3) is 3.74. The van der Waals surface area contributed by atoms with Crippen molar-refractivity contribution in [1.82, 2.24) is 0 Å². The molecule has 0 rings (SSSR count). The van der Waals surface area contributed by atoms with Gasteiger partial charge in [0.05, 0.1) is 6.10 Å². The zero-order valence-corrected chi connectivity index (χ0v) is 13.0. The molecule has 4 atom stereocenters. The molecule has 0 aromatic carbocycles. The molecule has 0 heterocycles. The lowest BCUT2D eigenvalue weighted by molar-refractivity contribution is -0.140. The SMILES string of the molecule is C[C@@H](O)[C@H](O)[C@H](O)[C@](O)(I)C(=O)[Si](C)(C)C. The standard InChI is InChI=1S/C9H19IO5Si/c1-5(11)6(12)7(13)9(10,15)8(14)16(2,3)4/h5-7,11-13,15H,1-4H3/t5-,6+,7+,9-/m1/s1. The van der Waals surface area contributed by atoms with Crippen molar-refractivity contribution in [3.05, 3.63) is 0 Å². The monoisotopic (exact) mass is 362 g/mol. The van der Waals surface area contributed by atoms with Gasteiger partial charge in [0.25, 0.3) is 0 Å². The van der Waals surface area contributed by atoms with Crippen molar-refractivity contribution in [2.75, 3.05) is 0 Å². The number of alkyl halides is 1. The summed E-state index contributed by atoms with van der Waals surface area (Å²) in [6, 6.07) is 0. The van der Waals surface area contributed by atoms with Crippen molar-refractivity contribution in [2.24, 2.45) is 0 Å². The molecule has 0 aromatic rings. The summed E-state index contributed by atoms with van der Waals surface area (Å²) >= 11 is 1.42. The number of halogens is 1. The van der Waals surface area contributed by atoms with Gasteiger partial charge in [-0.15, -0.1) is 0 Å². The fourth-order valence-electron chi connectivity index (χ4n) is 1.15. The summed E-state index contributed by atoms with van der Waals surface area (Å²) in [5.41, 5.74) is 0. The molecule has 16 heavy (non-hydrogen) atoms. The van der Waals surface area contributed by atoms with E-state index in [1.54, 1.807) is 19.6 Å². The van der Waals surface area contributed by atoms with Gasteiger partial charge in [-0.2, -0.15) is 0 Å². The number of hydrogen-bond acceptors (Lipinski definition) is 5. The second-order valence-electron chi connectivity index (χ2n) is 4.93. The van der Waals surface area contributed by atoms with Crippen LogP contribution in [0.2, 0.25) is 19.6 Å². The Morgan fingerprint density at radius 1 is 1.25 bits per heavy atom. The van der Waals surface area contributed by atoms with Crippen molar-refractivity contribution in [3.63, 3.8) is 0 Å². The summed E-state index contributed by atoms with van der Waals surface area (Å²) in [7, 11) is -2.29. The molecule has 0 aliphatic carbocycles. The molecule has 4 N–H and O–H groups in total. The van der Waals surface area contributed by atoms with E-state index in [1.807, 2.05) is 0 Å². The Hall–Kier alpha value is 0.457. The first-order chi connectivity index (χ1) is 6.92. The van der Waals surface area contributed by atoms with Crippen LogP contribution in [0.3, 0.4) is 0 Å². The second-order valence-corrected chi connectivity index (χ2v) is 11.5. The Balaban J connectivity index is 4.99. The van der Waals surface area contributed by atoms with Gasteiger partial charge in [0.2, 0.25) is 0 Å². The van der Waals surface area contributed by atoms with Crippen molar-refractivity contribution in [2.45, 2.75) is 48.5 Å². The summed E-state index contributed by atoms with van der Waals surface area (Å²) in [5, 5.41) is 37.7. The molecule has 0 aliphatic heterocycles. The third-order valence-electron chi connectivity index (χ3n) is 2.21. The minimum Gasteiger partial charge on any atom is -0.391 e. The van der Waals surface area contributed by atoms with E-state index >= 15 is 0 Å². The van der Waals surface area contributed by atoms with Gasteiger partial charge in [0.1, 0.15) is 20.3 Å². The molecule has 0 amide bonds. The second kappa shape index (κ2) is 5.40. The molecule has 7 heteroatoms. The maximum absolute atomic E-state index is 11.9. The summed E-state index contributed by atoms with van der Waals surface area (Å²) in [4.78, 5) is 11.9. The van der Waals surface area contributed by atoms with Crippen molar-refractivity contribution in [1.29, 1.82) is 0 Å². The normalized spacial score (nSPS) is 22.1. The maximum Gasteiger partial charge on any atom is 0.197 e. The first-order valence-corrected chi connectivity index (χ1v) is 9.50. The quantitative estimate of drug-likeness (QED) is 0.305. The number of carbonyl (C=O) groups excluding carboxylic acids is 1. The predicted molar refractivity (Wildman–Crippen MR) is 71.0 cm³/mol. The van der Waals surface area contributed by atoms with Crippen molar-refractivity contribution in [3.8, 4) is 0 Å². The molecule has 0 aliphatic rings. The van der Waals surface area contributed by atoms with E-state index in [2.05, 4.69) is 0 Å². The summed E-state index contributed by atoms with van der Waals surface area (Å²) in [6.45, 7) is 6.49. The third-order valence-corrected chi connectivity index (χ3v) is 5.59. The molecule has 0 saturated heterocycles. The number of aliphatic hydroxyl groups is 4. The molecule has 0 saturated carbocycles. The number of hydrogen-bond donors (Lipinski definition) is 4. The molecular weight excluding hydrogens is 343 g/mol. The lowest BCUT2D eigenvalue weighted by Gasteiger charge is -2.34. The van der Waals surface area contributed by atoms with Crippen LogP contribution in [0.5, 0.6) is 0 Å². The van der Waals surface area contributed by atoms with Gasteiger partial charge in [-0.1, -0.05) is 19.6 Å². The van der Waals surface area contributed by atoms with E-state index in [9.17, 15) is 20.1 Å². The smallest absolute Gasteiger partial charge is 0.197 e. The van der Waals surface area contributed by atoms with Gasteiger partial charge >= 0.3 is 0 Å².